The van der Waals surface area contributed by atoms with E-state index in [0.29, 0.717) is 25.1 Å². The molecule has 2 heterocycles. The van der Waals surface area contributed by atoms with Crippen molar-refractivity contribution in [1.29, 1.82) is 0 Å². The lowest BCUT2D eigenvalue weighted by Crippen LogP contribution is -2.55. The van der Waals surface area contributed by atoms with Gasteiger partial charge in [0.05, 0.1) is 18.4 Å². The molecule has 1 aliphatic heterocycles. The first kappa shape index (κ1) is 14.6. The lowest BCUT2D eigenvalue weighted by molar-refractivity contribution is -0.155. The summed E-state index contributed by atoms with van der Waals surface area (Å²) in [6.45, 7) is 4.47. The molecular weight excluding hydrogens is 258 g/mol. The van der Waals surface area contributed by atoms with E-state index in [2.05, 4.69) is 0 Å². The third-order valence-corrected chi connectivity index (χ3v) is 3.87. The maximum absolute atomic E-state index is 12.6. The fourth-order valence-corrected chi connectivity index (χ4v) is 2.66. The number of hydrogen-bond donors (Lipinski definition) is 0. The van der Waals surface area contributed by atoms with Crippen molar-refractivity contribution in [2.75, 3.05) is 13.2 Å². The number of ether oxygens (including phenoxy) is 1. The van der Waals surface area contributed by atoms with Crippen LogP contribution in [0.2, 0.25) is 0 Å². The van der Waals surface area contributed by atoms with Gasteiger partial charge >= 0.3 is 5.97 Å². The summed E-state index contributed by atoms with van der Waals surface area (Å²) < 4.78 is 10.2. The van der Waals surface area contributed by atoms with E-state index in [4.69, 9.17) is 9.15 Å². The van der Waals surface area contributed by atoms with Crippen LogP contribution in [0, 0.1) is 0 Å². The largest absolute Gasteiger partial charge is 0.472 e. The lowest BCUT2D eigenvalue weighted by atomic mass is 9.93. The first-order chi connectivity index (χ1) is 9.59. The summed E-state index contributed by atoms with van der Waals surface area (Å²) in [6, 6.07) is 1.62. The van der Waals surface area contributed by atoms with Crippen molar-refractivity contribution in [2.24, 2.45) is 0 Å². The molecular formula is C15H21NO4. The molecule has 1 amide bonds. The first-order valence-electron chi connectivity index (χ1n) is 7.11. The van der Waals surface area contributed by atoms with Gasteiger partial charge < -0.3 is 14.1 Å². The van der Waals surface area contributed by atoms with Gasteiger partial charge in [0, 0.05) is 6.54 Å². The predicted octanol–water partition coefficient (Wildman–Crippen LogP) is 2.62. The van der Waals surface area contributed by atoms with Crippen molar-refractivity contribution in [3.8, 4) is 0 Å². The Hall–Kier alpha value is -1.78. The van der Waals surface area contributed by atoms with Crippen LogP contribution >= 0.6 is 0 Å². The van der Waals surface area contributed by atoms with Crippen LogP contribution in [0.25, 0.3) is 0 Å². The lowest BCUT2D eigenvalue weighted by Gasteiger charge is -2.37. The number of hydrogen-bond acceptors (Lipinski definition) is 4. The van der Waals surface area contributed by atoms with E-state index in [1.807, 2.05) is 0 Å². The van der Waals surface area contributed by atoms with Crippen LogP contribution in [-0.2, 0) is 9.53 Å². The normalized spacial score (nSPS) is 23.2. The van der Waals surface area contributed by atoms with Crippen molar-refractivity contribution in [2.45, 2.75) is 45.1 Å². The van der Waals surface area contributed by atoms with Crippen LogP contribution in [0.15, 0.2) is 23.0 Å². The highest BCUT2D eigenvalue weighted by Crippen LogP contribution is 2.30. The van der Waals surface area contributed by atoms with E-state index >= 15 is 0 Å². The average molecular weight is 279 g/mol. The maximum Gasteiger partial charge on any atom is 0.331 e. The summed E-state index contributed by atoms with van der Waals surface area (Å²) in [5.74, 6) is -0.491. The molecule has 5 nitrogen and oxygen atoms in total. The molecule has 0 saturated carbocycles. The number of amides is 1. The summed E-state index contributed by atoms with van der Waals surface area (Å²) in [4.78, 5) is 26.6. The van der Waals surface area contributed by atoms with Crippen LogP contribution in [-0.4, -0.2) is 35.5 Å². The molecule has 0 aromatic carbocycles. The van der Waals surface area contributed by atoms with Gasteiger partial charge in [-0.1, -0.05) is 12.8 Å². The van der Waals surface area contributed by atoms with Gasteiger partial charge in [0.2, 0.25) is 0 Å². The molecule has 0 spiro atoms. The second-order valence-corrected chi connectivity index (χ2v) is 5.27. The van der Waals surface area contributed by atoms with Gasteiger partial charge in [-0.15, -0.1) is 0 Å². The fourth-order valence-electron chi connectivity index (χ4n) is 2.66. The zero-order valence-corrected chi connectivity index (χ0v) is 12.1. The molecule has 2 rings (SSSR count). The first-order valence-corrected chi connectivity index (χ1v) is 7.11. The highest BCUT2D eigenvalue weighted by molar-refractivity contribution is 5.97. The summed E-state index contributed by atoms with van der Waals surface area (Å²) in [7, 11) is 0. The van der Waals surface area contributed by atoms with Crippen molar-refractivity contribution < 1.29 is 18.7 Å². The number of nitrogens with zero attached hydrogens (tertiary/aromatic N) is 1. The van der Waals surface area contributed by atoms with Gasteiger partial charge in [-0.25, -0.2) is 4.79 Å². The van der Waals surface area contributed by atoms with E-state index in [9.17, 15) is 9.59 Å². The fraction of sp³-hybridized carbons (Fsp3) is 0.600. The Kier molecular flexibility index (Phi) is 4.47. The van der Waals surface area contributed by atoms with Crippen LogP contribution in [0.4, 0.5) is 0 Å². The molecule has 0 radical (unpaired) electrons. The van der Waals surface area contributed by atoms with Crippen LogP contribution < -0.4 is 0 Å². The van der Waals surface area contributed by atoms with Gasteiger partial charge in [0.1, 0.15) is 11.8 Å². The van der Waals surface area contributed by atoms with Gasteiger partial charge in [-0.05, 0) is 32.8 Å². The van der Waals surface area contributed by atoms with E-state index in [1.165, 1.54) is 12.5 Å². The smallest absolute Gasteiger partial charge is 0.331 e. The van der Waals surface area contributed by atoms with Crippen LogP contribution in [0.3, 0.4) is 0 Å². The predicted molar refractivity (Wildman–Crippen MR) is 73.3 cm³/mol. The summed E-state index contributed by atoms with van der Waals surface area (Å²) in [5.41, 5.74) is -0.414. The highest BCUT2D eigenvalue weighted by Gasteiger charge is 2.44. The van der Waals surface area contributed by atoms with Gasteiger partial charge in [0.15, 0.2) is 0 Å². The number of likely N-dealkylation sites (tertiary alicyclic amines) is 1. The molecule has 1 saturated heterocycles. The van der Waals surface area contributed by atoms with Crippen molar-refractivity contribution in [3.63, 3.8) is 0 Å². The van der Waals surface area contributed by atoms with Gasteiger partial charge in [-0.3, -0.25) is 4.79 Å². The molecule has 20 heavy (non-hydrogen) atoms. The molecule has 0 aliphatic carbocycles. The standard InChI is InChI=1S/C15H21NO4/c1-3-20-14(18)15(2)8-5-4-6-9-16(15)13(17)12-7-10-19-11-12/h7,10-11H,3-6,8-9H2,1-2H3. The minimum absolute atomic E-state index is 0.170. The summed E-state index contributed by atoms with van der Waals surface area (Å²) in [6.07, 6.45) is 6.36. The Morgan fingerprint density at radius 3 is 2.85 bits per heavy atom. The minimum Gasteiger partial charge on any atom is -0.472 e. The molecule has 1 atom stereocenters. The second kappa shape index (κ2) is 6.11. The number of carbonyl (C=O) groups is 2. The van der Waals surface area contributed by atoms with Crippen molar-refractivity contribution >= 4 is 11.9 Å². The summed E-state index contributed by atoms with van der Waals surface area (Å²) >= 11 is 0. The van der Waals surface area contributed by atoms with Gasteiger partial charge in [-0.2, -0.15) is 0 Å². The quantitative estimate of drug-likeness (QED) is 0.798. The Balaban J connectivity index is 2.29. The molecule has 1 aromatic rings. The Bertz CT molecular complexity index is 468. The SMILES string of the molecule is CCOC(=O)C1(C)CCCCCN1C(=O)c1ccoc1. The molecule has 1 aliphatic rings. The third-order valence-electron chi connectivity index (χ3n) is 3.87. The third kappa shape index (κ3) is 2.71. The van der Waals surface area contributed by atoms with E-state index in [0.717, 1.165) is 19.3 Å². The Morgan fingerprint density at radius 1 is 1.40 bits per heavy atom. The van der Waals surface area contributed by atoms with E-state index in [-0.39, 0.29) is 11.9 Å². The molecule has 110 valence electrons. The number of esters is 1. The Morgan fingerprint density at radius 2 is 2.20 bits per heavy atom. The minimum atomic E-state index is -0.888. The maximum atomic E-state index is 12.6. The molecule has 1 aromatic heterocycles. The van der Waals surface area contributed by atoms with Gasteiger partial charge in [0.25, 0.3) is 5.91 Å². The van der Waals surface area contributed by atoms with Crippen molar-refractivity contribution in [1.82, 2.24) is 4.90 Å². The molecule has 5 heteroatoms. The molecule has 1 fully saturated rings. The van der Waals surface area contributed by atoms with Crippen LogP contribution in [0.5, 0.6) is 0 Å². The topological polar surface area (TPSA) is 59.8 Å². The highest BCUT2D eigenvalue weighted by atomic mass is 16.5. The zero-order valence-electron chi connectivity index (χ0n) is 12.1. The Labute approximate surface area is 118 Å². The monoisotopic (exact) mass is 279 g/mol. The molecule has 0 N–H and O–H groups in total. The van der Waals surface area contributed by atoms with Crippen LogP contribution in [0.1, 0.15) is 49.9 Å². The second-order valence-electron chi connectivity index (χ2n) is 5.27. The molecule has 0 bridgehead atoms. The number of rotatable bonds is 3. The summed E-state index contributed by atoms with van der Waals surface area (Å²) in [5, 5.41) is 0. The van der Waals surface area contributed by atoms with E-state index < -0.39 is 5.54 Å². The zero-order chi connectivity index (χ0) is 14.6. The average Bonchev–Trinajstić information content (AvgIpc) is 2.89. The van der Waals surface area contributed by atoms with E-state index in [1.54, 1.807) is 24.8 Å². The van der Waals surface area contributed by atoms with Crippen molar-refractivity contribution in [3.05, 3.63) is 24.2 Å². The number of furan rings is 1. The molecule has 1 unspecified atom stereocenters. The number of carbonyl (C=O) groups excluding carboxylic acids is 2.